The summed E-state index contributed by atoms with van der Waals surface area (Å²) in [5.41, 5.74) is 11.4. The van der Waals surface area contributed by atoms with Crippen LogP contribution in [0.2, 0.25) is 0 Å². The van der Waals surface area contributed by atoms with Crippen molar-refractivity contribution in [2.24, 2.45) is 11.7 Å². The Bertz CT molecular complexity index is 501. The number of nitrogens with zero attached hydrogens (tertiary/aromatic N) is 1. The number of aryl methyl sites for hydroxylation is 3. The van der Waals surface area contributed by atoms with Crippen LogP contribution in [0.3, 0.4) is 0 Å². The number of likely N-dealkylation sites (tertiary alicyclic amines) is 1. The van der Waals surface area contributed by atoms with Gasteiger partial charge in [-0.2, -0.15) is 0 Å². The molecule has 0 radical (unpaired) electrons. The van der Waals surface area contributed by atoms with Crippen LogP contribution in [0, 0.1) is 26.7 Å². The summed E-state index contributed by atoms with van der Waals surface area (Å²) in [5, 5.41) is 0. The number of nitrogens with two attached hydrogens (primary N) is 1. The van der Waals surface area contributed by atoms with E-state index in [1.165, 1.54) is 22.3 Å². The molecule has 1 aliphatic heterocycles. The van der Waals surface area contributed by atoms with E-state index in [0.717, 1.165) is 19.4 Å². The zero-order valence-corrected chi connectivity index (χ0v) is 13.8. The highest BCUT2D eigenvalue weighted by atomic mass is 16.2. The topological polar surface area (TPSA) is 46.3 Å². The van der Waals surface area contributed by atoms with Crippen molar-refractivity contribution in [1.29, 1.82) is 0 Å². The fourth-order valence-electron chi connectivity index (χ4n) is 3.47. The minimum absolute atomic E-state index is 0.0945. The monoisotopic (exact) mass is 288 g/mol. The van der Waals surface area contributed by atoms with Crippen LogP contribution in [0.15, 0.2) is 12.1 Å². The number of benzene rings is 1. The van der Waals surface area contributed by atoms with Gasteiger partial charge in [-0.25, -0.2) is 0 Å². The Morgan fingerprint density at radius 2 is 1.86 bits per heavy atom. The Morgan fingerprint density at radius 1 is 1.24 bits per heavy atom. The lowest BCUT2D eigenvalue weighted by Crippen LogP contribution is -2.37. The van der Waals surface area contributed by atoms with E-state index in [0.29, 0.717) is 18.9 Å². The first-order valence-electron chi connectivity index (χ1n) is 7.99. The van der Waals surface area contributed by atoms with Crippen molar-refractivity contribution in [3.63, 3.8) is 0 Å². The Morgan fingerprint density at radius 3 is 2.48 bits per heavy atom. The van der Waals surface area contributed by atoms with Gasteiger partial charge in [0.05, 0.1) is 0 Å². The first-order valence-corrected chi connectivity index (χ1v) is 7.99. The molecule has 1 aromatic rings. The van der Waals surface area contributed by atoms with Gasteiger partial charge in [-0.15, -0.1) is 0 Å². The van der Waals surface area contributed by atoms with Crippen molar-refractivity contribution in [1.82, 2.24) is 4.90 Å². The molecule has 0 saturated carbocycles. The van der Waals surface area contributed by atoms with E-state index < -0.39 is 0 Å². The van der Waals surface area contributed by atoms with Gasteiger partial charge in [0.2, 0.25) is 5.91 Å². The summed E-state index contributed by atoms with van der Waals surface area (Å²) in [7, 11) is 0. The molecule has 2 unspecified atom stereocenters. The third-order valence-electron chi connectivity index (χ3n) is 4.62. The molecule has 0 aliphatic carbocycles. The molecule has 1 fully saturated rings. The minimum Gasteiger partial charge on any atom is -0.341 e. The molecule has 0 aromatic heterocycles. The van der Waals surface area contributed by atoms with Crippen molar-refractivity contribution < 1.29 is 4.79 Å². The van der Waals surface area contributed by atoms with Crippen LogP contribution in [0.4, 0.5) is 0 Å². The van der Waals surface area contributed by atoms with E-state index in [9.17, 15) is 4.79 Å². The second-order valence-corrected chi connectivity index (χ2v) is 6.69. The van der Waals surface area contributed by atoms with E-state index in [2.05, 4.69) is 39.8 Å². The van der Waals surface area contributed by atoms with Crippen LogP contribution in [-0.2, 0) is 4.79 Å². The predicted octanol–water partition coefficient (Wildman–Crippen LogP) is 3.26. The molecule has 21 heavy (non-hydrogen) atoms. The molecule has 3 heteroatoms. The molecule has 0 bridgehead atoms. The molecule has 1 aromatic carbocycles. The molecule has 2 rings (SSSR count). The number of hydrogen-bond donors (Lipinski definition) is 1. The Hall–Kier alpha value is -1.35. The first kappa shape index (κ1) is 16.0. The average molecular weight is 288 g/mol. The van der Waals surface area contributed by atoms with E-state index in [-0.39, 0.29) is 11.9 Å². The van der Waals surface area contributed by atoms with Gasteiger partial charge < -0.3 is 10.6 Å². The fraction of sp³-hybridized carbons (Fsp3) is 0.611. The van der Waals surface area contributed by atoms with E-state index in [1.54, 1.807) is 0 Å². The van der Waals surface area contributed by atoms with Crippen molar-refractivity contribution in [3.8, 4) is 0 Å². The van der Waals surface area contributed by atoms with Crippen molar-refractivity contribution >= 4 is 5.91 Å². The van der Waals surface area contributed by atoms with Crippen LogP contribution in [-0.4, -0.2) is 23.9 Å². The van der Waals surface area contributed by atoms with Gasteiger partial charge in [0.1, 0.15) is 0 Å². The third-order valence-corrected chi connectivity index (χ3v) is 4.62. The number of carbonyl (C=O) groups excluding carboxylic acids is 1. The number of carbonyl (C=O) groups is 1. The highest BCUT2D eigenvalue weighted by molar-refractivity contribution is 5.76. The van der Waals surface area contributed by atoms with Crippen LogP contribution in [0.5, 0.6) is 0 Å². The van der Waals surface area contributed by atoms with Gasteiger partial charge in [0, 0.05) is 25.6 Å². The smallest absolute Gasteiger partial charge is 0.222 e. The average Bonchev–Trinajstić information content (AvgIpc) is 2.53. The van der Waals surface area contributed by atoms with Crippen LogP contribution < -0.4 is 5.73 Å². The summed E-state index contributed by atoms with van der Waals surface area (Å²) in [6.07, 6.45) is 2.76. The Balaban J connectivity index is 2.14. The molecule has 1 aliphatic rings. The second-order valence-electron chi connectivity index (χ2n) is 6.69. The molecular formula is C18H28N2O. The summed E-state index contributed by atoms with van der Waals surface area (Å²) in [5.74, 6) is 0.898. The van der Waals surface area contributed by atoms with Gasteiger partial charge in [-0.3, -0.25) is 4.79 Å². The van der Waals surface area contributed by atoms with Gasteiger partial charge in [0.15, 0.2) is 0 Å². The third kappa shape index (κ3) is 3.85. The molecular weight excluding hydrogens is 260 g/mol. The summed E-state index contributed by atoms with van der Waals surface area (Å²) < 4.78 is 0. The van der Waals surface area contributed by atoms with E-state index in [1.807, 2.05) is 4.90 Å². The Kier molecular flexibility index (Phi) is 5.04. The lowest BCUT2D eigenvalue weighted by atomic mass is 9.94. The maximum Gasteiger partial charge on any atom is 0.222 e. The van der Waals surface area contributed by atoms with Crippen molar-refractivity contribution in [2.45, 2.75) is 53.0 Å². The fourth-order valence-corrected chi connectivity index (χ4v) is 3.47. The van der Waals surface area contributed by atoms with E-state index in [4.69, 9.17) is 5.73 Å². The maximum absolute atomic E-state index is 12.2. The number of amides is 1. The molecule has 2 atom stereocenters. The van der Waals surface area contributed by atoms with Crippen LogP contribution in [0.1, 0.15) is 54.5 Å². The zero-order chi connectivity index (χ0) is 15.6. The summed E-state index contributed by atoms with van der Waals surface area (Å²) in [6, 6.07) is 4.26. The van der Waals surface area contributed by atoms with Crippen LogP contribution >= 0.6 is 0 Å². The van der Waals surface area contributed by atoms with Gasteiger partial charge in [-0.1, -0.05) is 24.6 Å². The molecule has 1 saturated heterocycles. The Labute approximate surface area is 128 Å². The maximum atomic E-state index is 12.2. The standard InChI is InChI=1S/C18H28N2O/c1-12-5-6-17(21)20(8-7-12)11-16(19)18-14(3)9-13(2)10-15(18)4/h9-10,12,16H,5-8,11,19H2,1-4H3. The highest BCUT2D eigenvalue weighted by Gasteiger charge is 2.23. The summed E-state index contributed by atoms with van der Waals surface area (Å²) in [6.45, 7) is 10.0. The molecule has 1 amide bonds. The normalized spacial score (nSPS) is 21.3. The molecule has 3 nitrogen and oxygen atoms in total. The molecule has 0 spiro atoms. The summed E-state index contributed by atoms with van der Waals surface area (Å²) in [4.78, 5) is 14.2. The van der Waals surface area contributed by atoms with Crippen molar-refractivity contribution in [2.75, 3.05) is 13.1 Å². The second kappa shape index (κ2) is 6.61. The lowest BCUT2D eigenvalue weighted by molar-refractivity contribution is -0.130. The predicted molar refractivity (Wildman–Crippen MR) is 87.2 cm³/mol. The zero-order valence-electron chi connectivity index (χ0n) is 13.8. The van der Waals surface area contributed by atoms with Gasteiger partial charge in [-0.05, 0) is 56.2 Å². The quantitative estimate of drug-likeness (QED) is 0.928. The van der Waals surface area contributed by atoms with Gasteiger partial charge in [0.25, 0.3) is 0 Å². The largest absolute Gasteiger partial charge is 0.341 e. The molecule has 116 valence electrons. The molecule has 2 N–H and O–H groups in total. The van der Waals surface area contributed by atoms with Crippen LogP contribution in [0.25, 0.3) is 0 Å². The van der Waals surface area contributed by atoms with Crippen molar-refractivity contribution in [3.05, 3.63) is 34.4 Å². The molecule has 1 heterocycles. The number of hydrogen-bond acceptors (Lipinski definition) is 2. The highest BCUT2D eigenvalue weighted by Crippen LogP contribution is 2.25. The lowest BCUT2D eigenvalue weighted by Gasteiger charge is -2.26. The first-order chi connectivity index (χ1) is 9.88. The van der Waals surface area contributed by atoms with Gasteiger partial charge >= 0.3 is 0 Å². The summed E-state index contributed by atoms with van der Waals surface area (Å²) >= 11 is 0. The number of rotatable bonds is 3. The minimum atomic E-state index is -0.0945. The van der Waals surface area contributed by atoms with E-state index >= 15 is 0 Å². The SMILES string of the molecule is Cc1cc(C)c(C(N)CN2CCC(C)CCC2=O)c(C)c1.